The normalized spacial score (nSPS) is 10.7. The molecule has 3 nitrogen and oxygen atoms in total. The molecule has 7 aromatic rings. The van der Waals surface area contributed by atoms with E-state index in [2.05, 4.69) is 128 Å². The standard InChI is InChI=1S/C20H18N.C17H11N2Se.Ir/c1-14-9-10-18(20-11-15(2)16(3)13-21-20)12-19(14)17-7-5-4-6-8-17;1-11-6-7-18-9-14(11)15-8-13-12-4-2-3-5-16(12)20-17(13)10-19-15;/h4-9,11-13H,1-3H3;2-8,10H,1H3;/q2*-1;. The Labute approximate surface area is 266 Å². The molecule has 42 heavy (non-hydrogen) atoms. The Bertz CT molecular complexity index is 2000. The van der Waals surface area contributed by atoms with Crippen LogP contribution in [-0.4, -0.2) is 29.5 Å². The molecule has 0 unspecified atom stereocenters. The number of pyridine rings is 3. The maximum Gasteiger partial charge on any atom is 0.0192 e. The molecule has 209 valence electrons. The monoisotopic (exact) mass is 788 g/mol. The Morgan fingerprint density at radius 2 is 1.40 bits per heavy atom. The van der Waals surface area contributed by atoms with Crippen molar-refractivity contribution in [2.75, 3.05) is 0 Å². The summed E-state index contributed by atoms with van der Waals surface area (Å²) in [6.07, 6.45) is 8.78. The van der Waals surface area contributed by atoms with Crippen LogP contribution in [0.15, 0.2) is 104 Å². The SMILES string of the molecule is Cc1ccn[c-]c1-c1cc2c(cn1)[se]c1ccccc12.Cc1cnc(-c2[c-]cc(C)c(-c3ccccc3)c2)cc1C.[Ir]. The van der Waals surface area contributed by atoms with Gasteiger partial charge in [-0.05, 0) is 30.7 Å². The fourth-order valence-electron chi connectivity index (χ4n) is 4.86. The number of aryl methyl sites for hydroxylation is 4. The van der Waals surface area contributed by atoms with Crippen LogP contribution < -0.4 is 0 Å². The molecule has 0 aliphatic rings. The Hall–Kier alpha value is -3.72. The van der Waals surface area contributed by atoms with Gasteiger partial charge in [-0.15, -0.1) is 29.3 Å². The largest absolute Gasteiger partial charge is 0.304 e. The van der Waals surface area contributed by atoms with E-state index in [-0.39, 0.29) is 20.1 Å². The maximum absolute atomic E-state index is 4.61. The van der Waals surface area contributed by atoms with E-state index < -0.39 is 0 Å². The van der Waals surface area contributed by atoms with E-state index in [9.17, 15) is 0 Å². The fraction of sp³-hybridized carbons (Fsp3) is 0.108. The van der Waals surface area contributed by atoms with Crippen molar-refractivity contribution in [2.45, 2.75) is 27.7 Å². The number of benzene rings is 3. The molecule has 3 aromatic carbocycles. The molecule has 0 aliphatic heterocycles. The second-order valence-electron chi connectivity index (χ2n) is 10.2. The first-order chi connectivity index (χ1) is 20.0. The van der Waals surface area contributed by atoms with Gasteiger partial charge < -0.3 is 4.98 Å². The third kappa shape index (κ3) is 6.21. The summed E-state index contributed by atoms with van der Waals surface area (Å²) >= 11 is 0.380. The van der Waals surface area contributed by atoms with Gasteiger partial charge in [0, 0.05) is 26.3 Å². The van der Waals surface area contributed by atoms with Gasteiger partial charge in [0.25, 0.3) is 0 Å². The Kier molecular flexibility index (Phi) is 9.26. The Morgan fingerprint density at radius 3 is 2.19 bits per heavy atom. The zero-order valence-electron chi connectivity index (χ0n) is 23.9. The van der Waals surface area contributed by atoms with Gasteiger partial charge in [0.1, 0.15) is 0 Å². The van der Waals surface area contributed by atoms with Gasteiger partial charge in [0.2, 0.25) is 0 Å². The van der Waals surface area contributed by atoms with Crippen molar-refractivity contribution >= 4 is 33.8 Å². The van der Waals surface area contributed by atoms with Gasteiger partial charge in [-0.25, -0.2) is 0 Å². The summed E-state index contributed by atoms with van der Waals surface area (Å²) in [6.45, 7) is 8.39. The van der Waals surface area contributed by atoms with Gasteiger partial charge in [-0.1, -0.05) is 54.4 Å². The Morgan fingerprint density at radius 1 is 0.643 bits per heavy atom. The number of fused-ring (bicyclic) bond motifs is 3. The van der Waals surface area contributed by atoms with E-state index in [1.54, 1.807) is 6.20 Å². The van der Waals surface area contributed by atoms with E-state index in [0.29, 0.717) is 14.5 Å². The van der Waals surface area contributed by atoms with Crippen LogP contribution in [-0.2, 0) is 20.1 Å². The summed E-state index contributed by atoms with van der Waals surface area (Å²) in [5, 5.41) is 2.68. The van der Waals surface area contributed by atoms with E-state index in [1.807, 2.05) is 24.5 Å². The molecule has 0 aliphatic carbocycles. The van der Waals surface area contributed by atoms with Crippen molar-refractivity contribution in [3.63, 3.8) is 0 Å². The molecule has 7 rings (SSSR count). The van der Waals surface area contributed by atoms with Crippen LogP contribution in [0.4, 0.5) is 0 Å². The molecule has 1 radical (unpaired) electrons. The fourth-order valence-corrected chi connectivity index (χ4v) is 7.08. The van der Waals surface area contributed by atoms with Crippen molar-refractivity contribution in [3.8, 4) is 33.6 Å². The molecule has 0 saturated carbocycles. The second-order valence-corrected chi connectivity index (χ2v) is 12.5. The maximum atomic E-state index is 4.61. The minimum absolute atomic E-state index is 0. The van der Waals surface area contributed by atoms with Crippen molar-refractivity contribution in [2.24, 2.45) is 0 Å². The van der Waals surface area contributed by atoms with Crippen LogP contribution in [0.25, 0.3) is 52.9 Å². The third-order valence-electron chi connectivity index (χ3n) is 7.38. The number of aromatic nitrogens is 3. The van der Waals surface area contributed by atoms with Crippen LogP contribution in [0.1, 0.15) is 22.3 Å². The molecule has 0 amide bonds. The van der Waals surface area contributed by atoms with Gasteiger partial charge in [-0.2, -0.15) is 0 Å². The van der Waals surface area contributed by atoms with Crippen LogP contribution >= 0.6 is 0 Å². The number of hydrogen-bond acceptors (Lipinski definition) is 3. The molecule has 0 atom stereocenters. The molecule has 0 saturated heterocycles. The molecule has 5 heteroatoms. The topological polar surface area (TPSA) is 38.7 Å². The summed E-state index contributed by atoms with van der Waals surface area (Å²) in [5.74, 6) is 0. The summed E-state index contributed by atoms with van der Waals surface area (Å²) in [4.78, 5) is 13.3. The quantitative estimate of drug-likeness (QED) is 0.133. The minimum atomic E-state index is 0. The molecule has 0 bridgehead atoms. The van der Waals surface area contributed by atoms with Gasteiger partial charge >= 0.3 is 122 Å². The van der Waals surface area contributed by atoms with Gasteiger partial charge in [0.05, 0.1) is 0 Å². The van der Waals surface area contributed by atoms with Crippen molar-refractivity contribution in [3.05, 3.63) is 138 Å². The predicted molar refractivity (Wildman–Crippen MR) is 171 cm³/mol. The van der Waals surface area contributed by atoms with Crippen molar-refractivity contribution in [1.29, 1.82) is 0 Å². The Balaban J connectivity index is 0.000000164. The molecular weight excluding hydrogens is 758 g/mol. The summed E-state index contributed by atoms with van der Waals surface area (Å²) in [5.41, 5.74) is 11.3. The van der Waals surface area contributed by atoms with E-state index in [1.165, 1.54) is 47.1 Å². The summed E-state index contributed by atoms with van der Waals surface area (Å²) in [6, 6.07) is 33.0. The van der Waals surface area contributed by atoms with Crippen LogP contribution in [0.5, 0.6) is 0 Å². The minimum Gasteiger partial charge on any atom is -0.304 e. The molecule has 0 fully saturated rings. The number of hydrogen-bond donors (Lipinski definition) is 0. The molecule has 4 aromatic heterocycles. The smallest absolute Gasteiger partial charge is 0.0192 e. The van der Waals surface area contributed by atoms with Crippen LogP contribution in [0, 0.1) is 40.0 Å². The number of nitrogens with zero attached hydrogens (tertiary/aromatic N) is 3. The molecule has 4 heterocycles. The summed E-state index contributed by atoms with van der Waals surface area (Å²) < 4.78 is 2.81. The van der Waals surface area contributed by atoms with Gasteiger partial charge in [0.15, 0.2) is 0 Å². The van der Waals surface area contributed by atoms with Gasteiger partial charge in [-0.3, -0.25) is 0 Å². The summed E-state index contributed by atoms with van der Waals surface area (Å²) in [7, 11) is 0. The average molecular weight is 787 g/mol. The molecule has 0 spiro atoms. The molecular formula is C37H29IrN3Se-2. The first-order valence-electron chi connectivity index (χ1n) is 13.6. The first kappa shape index (κ1) is 29.8. The van der Waals surface area contributed by atoms with Crippen molar-refractivity contribution in [1.82, 2.24) is 15.0 Å². The van der Waals surface area contributed by atoms with E-state index >= 15 is 0 Å². The van der Waals surface area contributed by atoms with E-state index in [4.69, 9.17) is 0 Å². The predicted octanol–water partition coefficient (Wildman–Crippen LogP) is 8.75. The third-order valence-corrected chi connectivity index (χ3v) is 9.73. The van der Waals surface area contributed by atoms with Crippen molar-refractivity contribution < 1.29 is 20.1 Å². The zero-order chi connectivity index (χ0) is 28.3. The van der Waals surface area contributed by atoms with Crippen LogP contribution in [0.3, 0.4) is 0 Å². The number of rotatable bonds is 3. The second kappa shape index (κ2) is 13.1. The zero-order valence-corrected chi connectivity index (χ0v) is 28.0. The van der Waals surface area contributed by atoms with E-state index in [0.717, 1.165) is 28.1 Å². The molecule has 0 N–H and O–H groups in total. The van der Waals surface area contributed by atoms with Crippen LogP contribution in [0.2, 0.25) is 0 Å². The average Bonchev–Trinajstić information content (AvgIpc) is 3.38. The first-order valence-corrected chi connectivity index (χ1v) is 15.3.